The summed E-state index contributed by atoms with van der Waals surface area (Å²) in [6.07, 6.45) is 2.19. The van der Waals surface area contributed by atoms with Crippen LogP contribution in [0.4, 0.5) is 0 Å². The molecule has 4 heteroatoms. The van der Waals surface area contributed by atoms with Crippen molar-refractivity contribution in [1.82, 2.24) is 10.2 Å². The third kappa shape index (κ3) is 5.12. The van der Waals surface area contributed by atoms with Gasteiger partial charge in [0.15, 0.2) is 0 Å². The molecule has 0 aliphatic carbocycles. The first-order valence-electron chi connectivity index (χ1n) is 9.54. The molecule has 1 saturated heterocycles. The molecule has 1 amide bonds. The van der Waals surface area contributed by atoms with Crippen LogP contribution in [0.15, 0.2) is 65.6 Å². The average molecular weight is 369 g/mol. The molecule has 1 aliphatic heterocycles. The van der Waals surface area contributed by atoms with Gasteiger partial charge < -0.3 is 10.2 Å². The first-order valence-corrected chi connectivity index (χ1v) is 10.4. The molecule has 1 atom stereocenters. The standard InChI is InChI=1S/C22H28N2OS/c1-2-23-17-18-13-15-24(16-14-18)22(25)21(19-9-5-3-6-10-19)26-20-11-7-4-8-12-20/h3-12,18,21,23H,2,13-17H2,1H3. The van der Waals surface area contributed by atoms with Crippen molar-refractivity contribution in [3.8, 4) is 0 Å². The normalized spacial score (nSPS) is 16.4. The second-order valence-corrected chi connectivity index (χ2v) is 7.98. The Balaban J connectivity index is 1.69. The molecule has 2 aromatic carbocycles. The summed E-state index contributed by atoms with van der Waals surface area (Å²) in [5.41, 5.74) is 1.08. The van der Waals surface area contributed by atoms with Crippen LogP contribution >= 0.6 is 11.8 Å². The predicted molar refractivity (Wildman–Crippen MR) is 109 cm³/mol. The summed E-state index contributed by atoms with van der Waals surface area (Å²) in [4.78, 5) is 16.5. The van der Waals surface area contributed by atoms with E-state index in [-0.39, 0.29) is 11.2 Å². The van der Waals surface area contributed by atoms with E-state index in [4.69, 9.17) is 0 Å². The summed E-state index contributed by atoms with van der Waals surface area (Å²) in [6, 6.07) is 20.4. The molecule has 0 saturated carbocycles. The molecule has 1 unspecified atom stereocenters. The molecule has 0 radical (unpaired) electrons. The molecule has 26 heavy (non-hydrogen) atoms. The van der Waals surface area contributed by atoms with Gasteiger partial charge in [-0.25, -0.2) is 0 Å². The molecule has 1 aliphatic rings. The van der Waals surface area contributed by atoms with Crippen LogP contribution in [-0.4, -0.2) is 37.0 Å². The predicted octanol–water partition coefficient (Wildman–Crippen LogP) is 4.37. The minimum atomic E-state index is -0.177. The Bertz CT molecular complexity index is 669. The fraction of sp³-hybridized carbons (Fsp3) is 0.409. The van der Waals surface area contributed by atoms with Gasteiger partial charge in [0, 0.05) is 18.0 Å². The van der Waals surface area contributed by atoms with Crippen LogP contribution in [-0.2, 0) is 4.79 Å². The van der Waals surface area contributed by atoms with Crippen LogP contribution in [0.5, 0.6) is 0 Å². The van der Waals surface area contributed by atoms with Gasteiger partial charge in [-0.05, 0) is 49.5 Å². The van der Waals surface area contributed by atoms with Crippen LogP contribution in [0.3, 0.4) is 0 Å². The highest BCUT2D eigenvalue weighted by molar-refractivity contribution is 8.00. The zero-order valence-electron chi connectivity index (χ0n) is 15.4. The number of carbonyl (C=O) groups excluding carboxylic acids is 1. The average Bonchev–Trinajstić information content (AvgIpc) is 2.72. The Kier molecular flexibility index (Phi) is 7.15. The Hall–Kier alpha value is -1.78. The Morgan fingerprint density at radius 3 is 2.31 bits per heavy atom. The maximum absolute atomic E-state index is 13.3. The highest BCUT2D eigenvalue weighted by atomic mass is 32.2. The summed E-state index contributed by atoms with van der Waals surface area (Å²) in [5.74, 6) is 0.933. The van der Waals surface area contributed by atoms with Crippen molar-refractivity contribution < 1.29 is 4.79 Å². The van der Waals surface area contributed by atoms with E-state index in [0.29, 0.717) is 5.92 Å². The number of likely N-dealkylation sites (tertiary alicyclic amines) is 1. The lowest BCUT2D eigenvalue weighted by atomic mass is 9.96. The molecule has 0 aromatic heterocycles. The molecule has 1 N–H and O–H groups in total. The van der Waals surface area contributed by atoms with E-state index < -0.39 is 0 Å². The fourth-order valence-corrected chi connectivity index (χ4v) is 4.53. The van der Waals surface area contributed by atoms with E-state index in [1.807, 2.05) is 36.4 Å². The first kappa shape index (κ1) is 19.0. The molecular formula is C22H28N2OS. The van der Waals surface area contributed by atoms with E-state index in [9.17, 15) is 4.79 Å². The lowest BCUT2D eigenvalue weighted by Crippen LogP contribution is -2.42. The highest BCUT2D eigenvalue weighted by Gasteiger charge is 2.29. The van der Waals surface area contributed by atoms with E-state index in [1.54, 1.807) is 11.8 Å². The van der Waals surface area contributed by atoms with Gasteiger partial charge in [-0.3, -0.25) is 4.79 Å². The SMILES string of the molecule is CCNCC1CCN(C(=O)C(Sc2ccccc2)c2ccccc2)CC1. The molecule has 2 aromatic rings. The summed E-state index contributed by atoms with van der Waals surface area (Å²) >= 11 is 1.65. The van der Waals surface area contributed by atoms with Crippen LogP contribution in [0.1, 0.15) is 30.6 Å². The zero-order chi connectivity index (χ0) is 18.2. The van der Waals surface area contributed by atoms with Gasteiger partial charge in [0.1, 0.15) is 5.25 Å². The zero-order valence-corrected chi connectivity index (χ0v) is 16.3. The van der Waals surface area contributed by atoms with Gasteiger partial charge >= 0.3 is 0 Å². The lowest BCUT2D eigenvalue weighted by molar-refractivity contribution is -0.132. The van der Waals surface area contributed by atoms with Gasteiger partial charge in [-0.1, -0.05) is 55.5 Å². The summed E-state index contributed by atoms with van der Waals surface area (Å²) in [5, 5.41) is 3.26. The third-order valence-corrected chi connectivity index (χ3v) is 6.19. The number of nitrogens with one attached hydrogen (secondary N) is 1. The second kappa shape index (κ2) is 9.79. The number of hydrogen-bond acceptors (Lipinski definition) is 3. The maximum Gasteiger partial charge on any atom is 0.240 e. The van der Waals surface area contributed by atoms with Gasteiger partial charge in [0.05, 0.1) is 0 Å². The second-order valence-electron chi connectivity index (χ2n) is 6.80. The monoisotopic (exact) mass is 368 g/mol. The summed E-state index contributed by atoms with van der Waals surface area (Å²) in [6.45, 7) is 5.97. The molecule has 1 heterocycles. The topological polar surface area (TPSA) is 32.3 Å². The molecule has 3 rings (SSSR count). The smallest absolute Gasteiger partial charge is 0.240 e. The van der Waals surface area contributed by atoms with E-state index in [0.717, 1.165) is 49.5 Å². The fourth-order valence-electron chi connectivity index (χ4n) is 3.40. The number of carbonyl (C=O) groups is 1. The number of piperidine rings is 1. The van der Waals surface area contributed by atoms with Gasteiger partial charge in [-0.15, -0.1) is 11.8 Å². The number of hydrogen-bond donors (Lipinski definition) is 1. The number of thioether (sulfide) groups is 1. The Morgan fingerprint density at radius 1 is 1.08 bits per heavy atom. The van der Waals surface area contributed by atoms with Crippen molar-refractivity contribution >= 4 is 17.7 Å². The van der Waals surface area contributed by atoms with Crippen molar-refractivity contribution in [3.05, 3.63) is 66.2 Å². The van der Waals surface area contributed by atoms with Crippen molar-refractivity contribution in [1.29, 1.82) is 0 Å². The molecular weight excluding hydrogens is 340 g/mol. The lowest BCUT2D eigenvalue weighted by Gasteiger charge is -2.34. The van der Waals surface area contributed by atoms with Gasteiger partial charge in [-0.2, -0.15) is 0 Å². The molecule has 3 nitrogen and oxygen atoms in total. The number of amides is 1. The molecule has 138 valence electrons. The largest absolute Gasteiger partial charge is 0.341 e. The third-order valence-electron chi connectivity index (χ3n) is 4.93. The van der Waals surface area contributed by atoms with Crippen LogP contribution in [0.2, 0.25) is 0 Å². The molecule has 1 fully saturated rings. The van der Waals surface area contributed by atoms with Crippen LogP contribution in [0.25, 0.3) is 0 Å². The number of benzene rings is 2. The minimum absolute atomic E-state index is 0.177. The minimum Gasteiger partial charge on any atom is -0.341 e. The van der Waals surface area contributed by atoms with Crippen LogP contribution in [0, 0.1) is 5.92 Å². The quantitative estimate of drug-likeness (QED) is 0.737. The van der Waals surface area contributed by atoms with E-state index >= 15 is 0 Å². The van der Waals surface area contributed by atoms with Gasteiger partial charge in [0.25, 0.3) is 0 Å². The maximum atomic E-state index is 13.3. The van der Waals surface area contributed by atoms with Crippen molar-refractivity contribution in [2.75, 3.05) is 26.2 Å². The van der Waals surface area contributed by atoms with Gasteiger partial charge in [0.2, 0.25) is 5.91 Å². The van der Waals surface area contributed by atoms with Crippen LogP contribution < -0.4 is 5.32 Å². The first-order chi connectivity index (χ1) is 12.8. The molecule has 0 bridgehead atoms. The van der Waals surface area contributed by atoms with E-state index in [2.05, 4.69) is 41.4 Å². The summed E-state index contributed by atoms with van der Waals surface area (Å²) in [7, 11) is 0. The van der Waals surface area contributed by atoms with Crippen molar-refractivity contribution in [2.24, 2.45) is 5.92 Å². The van der Waals surface area contributed by atoms with E-state index in [1.165, 1.54) is 0 Å². The Labute approximate surface area is 161 Å². The number of rotatable bonds is 7. The summed E-state index contributed by atoms with van der Waals surface area (Å²) < 4.78 is 0. The van der Waals surface area contributed by atoms with Crippen molar-refractivity contribution in [3.63, 3.8) is 0 Å². The highest BCUT2D eigenvalue weighted by Crippen LogP contribution is 2.37. The van der Waals surface area contributed by atoms with Crippen molar-refractivity contribution in [2.45, 2.75) is 29.9 Å². The molecule has 0 spiro atoms. The number of nitrogens with zero attached hydrogens (tertiary/aromatic N) is 1. The Morgan fingerprint density at radius 2 is 1.69 bits per heavy atom.